The molecule has 0 aromatic carbocycles. The highest BCUT2D eigenvalue weighted by Crippen LogP contribution is 2.29. The first-order valence-electron chi connectivity index (χ1n) is 5.97. The molecule has 1 atom stereocenters. The van der Waals surface area contributed by atoms with Crippen molar-refractivity contribution >= 4 is 9.84 Å². The zero-order valence-corrected chi connectivity index (χ0v) is 11.1. The lowest BCUT2D eigenvalue weighted by molar-refractivity contribution is 0.205. The van der Waals surface area contributed by atoms with Crippen LogP contribution in [-0.2, 0) is 14.6 Å². The number of allylic oxidation sites excluding steroid dienone is 1. The molecular formula is C12H22O3S. The minimum absolute atomic E-state index is 0.277. The van der Waals surface area contributed by atoms with Crippen molar-refractivity contribution in [1.82, 2.24) is 0 Å². The van der Waals surface area contributed by atoms with Crippen molar-refractivity contribution in [2.45, 2.75) is 50.7 Å². The lowest BCUT2D eigenvalue weighted by Gasteiger charge is -2.30. The van der Waals surface area contributed by atoms with Gasteiger partial charge in [-0.25, -0.2) is 8.42 Å². The quantitative estimate of drug-likeness (QED) is 0.719. The van der Waals surface area contributed by atoms with Gasteiger partial charge in [0, 0.05) is 0 Å². The Kier molecular flexibility index (Phi) is 4.84. The van der Waals surface area contributed by atoms with Crippen LogP contribution >= 0.6 is 0 Å². The molecule has 1 aliphatic rings. The maximum absolute atomic E-state index is 12.2. The Balaban J connectivity index is 2.76. The Morgan fingerprint density at radius 2 is 1.94 bits per heavy atom. The third-order valence-corrected chi connectivity index (χ3v) is 5.89. The Hall–Kier alpha value is -0.510. The van der Waals surface area contributed by atoms with E-state index in [0.29, 0.717) is 12.2 Å². The van der Waals surface area contributed by atoms with Crippen molar-refractivity contribution in [3.63, 3.8) is 0 Å². The van der Waals surface area contributed by atoms with Crippen molar-refractivity contribution in [1.29, 1.82) is 0 Å². The van der Waals surface area contributed by atoms with Crippen LogP contribution in [0.5, 0.6) is 0 Å². The molecule has 3 nitrogen and oxygen atoms in total. The third kappa shape index (κ3) is 3.24. The van der Waals surface area contributed by atoms with Crippen LogP contribution in [-0.4, -0.2) is 25.5 Å². The fourth-order valence-corrected chi connectivity index (χ4v) is 3.81. The maximum atomic E-state index is 12.2. The summed E-state index contributed by atoms with van der Waals surface area (Å²) in [5.41, 5.74) is 0. The summed E-state index contributed by atoms with van der Waals surface area (Å²) in [6.07, 6.45) is 8.00. The summed E-state index contributed by atoms with van der Waals surface area (Å²) >= 11 is 0. The van der Waals surface area contributed by atoms with Gasteiger partial charge in [0.15, 0.2) is 9.84 Å². The topological polar surface area (TPSA) is 43.4 Å². The number of rotatable bonds is 3. The van der Waals surface area contributed by atoms with Crippen LogP contribution in [0.3, 0.4) is 0 Å². The molecule has 1 saturated heterocycles. The number of hydrogen-bond donors (Lipinski definition) is 0. The second-order valence-electron chi connectivity index (χ2n) is 4.71. The minimum Gasteiger partial charge on any atom is -0.500 e. The van der Waals surface area contributed by atoms with E-state index in [0.717, 1.165) is 25.7 Å². The zero-order valence-electron chi connectivity index (χ0n) is 10.2. The molecule has 0 aromatic heterocycles. The molecule has 1 heterocycles. The van der Waals surface area contributed by atoms with E-state index in [1.165, 1.54) is 0 Å². The maximum Gasteiger partial charge on any atom is 0.159 e. The van der Waals surface area contributed by atoms with Crippen LogP contribution in [0.1, 0.15) is 46.0 Å². The molecule has 1 rings (SSSR count). The second kappa shape index (κ2) is 5.71. The molecule has 0 radical (unpaired) electrons. The van der Waals surface area contributed by atoms with Gasteiger partial charge in [-0.15, -0.1) is 0 Å². The summed E-state index contributed by atoms with van der Waals surface area (Å²) in [6.45, 7) is 3.95. The highest BCUT2D eigenvalue weighted by molar-refractivity contribution is 7.92. The predicted octanol–water partition coefficient (Wildman–Crippen LogP) is 2.67. The lowest BCUT2D eigenvalue weighted by atomic mass is 10.0. The summed E-state index contributed by atoms with van der Waals surface area (Å²) in [5.74, 6) is 0.308. The molecule has 0 bridgehead atoms. The average Bonchev–Trinajstić information content (AvgIpc) is 2.22. The minimum atomic E-state index is -3.02. The molecule has 1 aliphatic heterocycles. The normalized spacial score (nSPS) is 30.9. The van der Waals surface area contributed by atoms with Crippen LogP contribution in [0.15, 0.2) is 12.3 Å². The van der Waals surface area contributed by atoms with Gasteiger partial charge in [0.1, 0.15) is 11.4 Å². The van der Waals surface area contributed by atoms with Gasteiger partial charge in [-0.1, -0.05) is 25.3 Å². The van der Waals surface area contributed by atoms with E-state index in [2.05, 4.69) is 0 Å². The molecule has 0 aliphatic carbocycles. The third-order valence-electron chi connectivity index (χ3n) is 3.24. The number of hydrogen-bond acceptors (Lipinski definition) is 3. The molecule has 4 heteroatoms. The molecule has 0 amide bonds. The zero-order chi connectivity index (χ0) is 12.1. The largest absolute Gasteiger partial charge is 0.500 e. The first kappa shape index (κ1) is 13.6. The van der Waals surface area contributed by atoms with Gasteiger partial charge in [-0.3, -0.25) is 0 Å². The number of ether oxygens (including phenoxy) is 1. The number of sulfone groups is 1. The Labute approximate surface area is 98.8 Å². The molecule has 1 unspecified atom stereocenters. The van der Waals surface area contributed by atoms with E-state index in [9.17, 15) is 8.42 Å². The average molecular weight is 246 g/mol. The Morgan fingerprint density at radius 1 is 1.25 bits per heavy atom. The first-order valence-corrected chi connectivity index (χ1v) is 7.62. The molecule has 0 N–H and O–H groups in total. The van der Waals surface area contributed by atoms with E-state index < -0.39 is 14.6 Å². The molecular weight excluding hydrogens is 224 g/mol. The Bertz CT molecular complexity index is 332. The molecule has 0 aromatic rings. The molecule has 0 spiro atoms. The van der Waals surface area contributed by atoms with E-state index in [4.69, 9.17) is 4.74 Å². The van der Waals surface area contributed by atoms with Gasteiger partial charge in [0.25, 0.3) is 0 Å². The predicted molar refractivity (Wildman–Crippen MR) is 66.0 cm³/mol. The van der Waals surface area contributed by atoms with Crippen LogP contribution in [0.2, 0.25) is 0 Å². The van der Waals surface area contributed by atoms with Gasteiger partial charge in [0.2, 0.25) is 0 Å². The van der Waals surface area contributed by atoms with Crippen LogP contribution < -0.4 is 0 Å². The molecule has 0 saturated carbocycles. The van der Waals surface area contributed by atoms with Crippen LogP contribution in [0.4, 0.5) is 0 Å². The molecule has 1 fully saturated rings. The summed E-state index contributed by atoms with van der Waals surface area (Å²) in [4.78, 5) is 0. The summed E-state index contributed by atoms with van der Waals surface area (Å²) in [7, 11) is -3.02. The van der Waals surface area contributed by atoms with Crippen molar-refractivity contribution in [2.24, 2.45) is 0 Å². The lowest BCUT2D eigenvalue weighted by Crippen LogP contribution is -2.42. The van der Waals surface area contributed by atoms with Crippen molar-refractivity contribution in [3.05, 3.63) is 12.3 Å². The van der Waals surface area contributed by atoms with E-state index in [1.54, 1.807) is 12.3 Å². The highest BCUT2D eigenvalue weighted by Gasteiger charge is 2.39. The first-order chi connectivity index (χ1) is 7.52. The molecule has 94 valence electrons. The Morgan fingerprint density at radius 3 is 2.62 bits per heavy atom. The highest BCUT2D eigenvalue weighted by atomic mass is 32.2. The second-order valence-corrected chi connectivity index (χ2v) is 7.34. The molecule has 16 heavy (non-hydrogen) atoms. The standard InChI is InChI=1S/C12H22O3S/c1-3-9-15-11-12(2)8-6-4-5-7-10-16(12,13)14/h3,9H,4-8,10-11H2,1-2H3/b9-3+. The van der Waals surface area contributed by atoms with Crippen molar-refractivity contribution in [3.8, 4) is 0 Å². The van der Waals surface area contributed by atoms with Gasteiger partial charge < -0.3 is 4.74 Å². The van der Waals surface area contributed by atoms with Gasteiger partial charge in [-0.2, -0.15) is 0 Å². The fraction of sp³-hybridized carbons (Fsp3) is 0.833. The summed E-state index contributed by atoms with van der Waals surface area (Å²) in [5, 5.41) is 0. The van der Waals surface area contributed by atoms with Crippen molar-refractivity contribution < 1.29 is 13.2 Å². The fourth-order valence-electron chi connectivity index (χ4n) is 2.03. The van der Waals surface area contributed by atoms with E-state index in [-0.39, 0.29) is 6.61 Å². The summed E-state index contributed by atoms with van der Waals surface area (Å²) in [6, 6.07) is 0. The SMILES string of the molecule is C/C=C/OCC1(C)CCCCCCS1(=O)=O. The summed E-state index contributed by atoms with van der Waals surface area (Å²) < 4.78 is 28.9. The van der Waals surface area contributed by atoms with Crippen LogP contribution in [0.25, 0.3) is 0 Å². The van der Waals surface area contributed by atoms with Gasteiger partial charge in [0.05, 0.1) is 12.0 Å². The monoisotopic (exact) mass is 246 g/mol. The van der Waals surface area contributed by atoms with Gasteiger partial charge in [-0.05, 0) is 26.7 Å². The van der Waals surface area contributed by atoms with Gasteiger partial charge >= 0.3 is 0 Å². The smallest absolute Gasteiger partial charge is 0.159 e. The van der Waals surface area contributed by atoms with E-state index in [1.807, 2.05) is 13.8 Å². The van der Waals surface area contributed by atoms with Crippen molar-refractivity contribution in [2.75, 3.05) is 12.4 Å². The van der Waals surface area contributed by atoms with E-state index >= 15 is 0 Å². The van der Waals surface area contributed by atoms with Crippen LogP contribution in [0, 0.1) is 0 Å².